The number of hydrogen-bond donors (Lipinski definition) is 0. The van der Waals surface area contributed by atoms with Crippen LogP contribution in [-0.4, -0.2) is 39.1 Å². The molecule has 10 heteroatoms. The van der Waals surface area contributed by atoms with Gasteiger partial charge in [0, 0.05) is 127 Å². The van der Waals surface area contributed by atoms with Gasteiger partial charge in [-0.1, -0.05) is 343 Å². The molecule has 2 saturated carbocycles. The Morgan fingerprint density at radius 2 is 0.627 bits per heavy atom. The van der Waals surface area contributed by atoms with E-state index in [4.69, 9.17) is 69.2 Å². The largest absolute Gasteiger partial charge is 0.496 e. The lowest BCUT2D eigenvalue weighted by Gasteiger charge is -2.26. The van der Waals surface area contributed by atoms with Crippen molar-refractivity contribution in [2.75, 3.05) is 14.2 Å². The molecule has 10 aromatic rings. The van der Waals surface area contributed by atoms with Gasteiger partial charge in [-0.3, -0.25) is 24.9 Å². The van der Waals surface area contributed by atoms with E-state index in [1.54, 1.807) is 14.2 Å². The Morgan fingerprint density at radius 1 is 0.325 bits per heavy atom. The number of hydrogen-bond acceptors (Lipinski definition) is 7. The lowest BCUT2D eigenvalue weighted by molar-refractivity contribution is 0.415. The molecule has 0 atom stereocenters. The van der Waals surface area contributed by atoms with Gasteiger partial charge < -0.3 is 9.47 Å². The Bertz CT molecular complexity index is 5390. The number of rotatable bonds is 12. The van der Waals surface area contributed by atoms with E-state index in [1.807, 2.05) is 31.2 Å². The summed E-state index contributed by atoms with van der Waals surface area (Å²) in [6.07, 6.45) is 13.7. The van der Waals surface area contributed by atoms with Gasteiger partial charge in [-0.15, -0.1) is 0 Å². The molecule has 0 N–H and O–H groups in total. The highest BCUT2D eigenvalue weighted by atomic mass is 35.5. The number of methoxy groups -OCH3 is 2. The minimum atomic E-state index is -0.0815. The van der Waals surface area contributed by atoms with E-state index in [0.717, 1.165) is 117 Å². The first-order valence-corrected chi connectivity index (χ1v) is 47.5. The molecule has 0 saturated heterocycles. The van der Waals surface area contributed by atoms with E-state index >= 15 is 0 Å². The van der Waals surface area contributed by atoms with E-state index in [2.05, 4.69) is 362 Å². The average Bonchev–Trinajstić information content (AvgIpc) is 1.09. The van der Waals surface area contributed by atoms with Crippen molar-refractivity contribution in [1.82, 2.24) is 24.9 Å². The number of halogens is 3. The van der Waals surface area contributed by atoms with Crippen LogP contribution in [0.2, 0.25) is 15.1 Å². The summed E-state index contributed by atoms with van der Waals surface area (Å²) in [6, 6.07) is 54.1. The Balaban J connectivity index is 0.000000178. The molecular weight excluding hydrogens is 1600 g/mol. The molecule has 0 amide bonds. The Kier molecular flexibility index (Phi) is 31.9. The van der Waals surface area contributed by atoms with Gasteiger partial charge in [0.1, 0.15) is 11.5 Å². The first-order chi connectivity index (χ1) is 58.1. The third-order valence-corrected chi connectivity index (χ3v) is 25.3. The lowest BCUT2D eigenvalue weighted by Crippen LogP contribution is -2.17. The predicted octanol–water partition coefficient (Wildman–Crippen LogP) is 35.0. The SMILES string of the molecule is C=C(C)c1ccc(-c2cc(C(C)(C)C)ccc2Cl)c(C(C)(C)C)n1.CC(C)(C)c1ccc(Cl)c(-c2ccc(C3CC3)nc2C(C)(C)C)c1.CC(C)c1ccc(-c2cc(C(C)(C)C)ccc2Cl)c(C(C)(C)C)n1.COc1ccc(C(C)(C)C)cc1-c1ccc(C2=CCCC2)nc1C(C)(C)C.COc1ccc(C(C)(C)C)cc1-c1ccc(C2CCCC2)nc1C(C)(C)C. The minimum absolute atomic E-state index is 0.0126. The van der Waals surface area contributed by atoms with Crippen molar-refractivity contribution in [3.8, 4) is 67.1 Å². The highest BCUT2D eigenvalue weighted by Crippen LogP contribution is 2.49. The number of allylic oxidation sites excluding steroid dienone is 3. The van der Waals surface area contributed by atoms with Crippen molar-refractivity contribution in [1.29, 1.82) is 0 Å². The third-order valence-electron chi connectivity index (χ3n) is 24.3. The zero-order valence-corrected chi connectivity index (χ0v) is 86.3. The van der Waals surface area contributed by atoms with E-state index in [0.29, 0.717) is 17.8 Å². The van der Waals surface area contributed by atoms with Crippen molar-refractivity contribution in [3.05, 3.63) is 264 Å². The first kappa shape index (κ1) is 102. The van der Waals surface area contributed by atoms with Gasteiger partial charge in [-0.2, -0.15) is 0 Å². The van der Waals surface area contributed by atoms with E-state index in [1.165, 1.54) is 119 Å². The average molecular weight is 1760 g/mol. The third kappa shape index (κ3) is 25.9. The smallest absolute Gasteiger partial charge is 0.126 e. The minimum Gasteiger partial charge on any atom is -0.496 e. The van der Waals surface area contributed by atoms with Gasteiger partial charge in [0.2, 0.25) is 0 Å². The molecule has 0 radical (unpaired) electrons. The Labute approximate surface area is 778 Å². The molecule has 676 valence electrons. The summed E-state index contributed by atoms with van der Waals surface area (Å²) in [5.41, 5.74) is 31.7. The summed E-state index contributed by atoms with van der Waals surface area (Å²) in [5, 5.41) is 2.35. The van der Waals surface area contributed by atoms with Crippen LogP contribution in [0.15, 0.2) is 164 Å². The maximum absolute atomic E-state index is 6.59. The van der Waals surface area contributed by atoms with Gasteiger partial charge in [0.25, 0.3) is 0 Å². The van der Waals surface area contributed by atoms with Crippen LogP contribution < -0.4 is 9.47 Å². The number of benzene rings is 5. The summed E-state index contributed by atoms with van der Waals surface area (Å²) in [6.45, 7) is 77.3. The molecule has 3 aliphatic carbocycles. The van der Waals surface area contributed by atoms with Crippen molar-refractivity contribution in [2.45, 2.75) is 358 Å². The van der Waals surface area contributed by atoms with Crippen LogP contribution in [0.5, 0.6) is 11.5 Å². The van der Waals surface area contributed by atoms with Gasteiger partial charge in [-0.25, -0.2) is 0 Å². The highest BCUT2D eigenvalue weighted by Gasteiger charge is 2.34. The fourth-order valence-electron chi connectivity index (χ4n) is 16.3. The first-order valence-electron chi connectivity index (χ1n) is 46.3. The molecule has 5 aromatic carbocycles. The van der Waals surface area contributed by atoms with Gasteiger partial charge >= 0.3 is 0 Å². The molecule has 0 unspecified atom stereocenters. The molecule has 13 rings (SSSR count). The summed E-state index contributed by atoms with van der Waals surface area (Å²) in [5.74, 6) is 3.53. The number of aromatic nitrogens is 5. The van der Waals surface area contributed by atoms with Gasteiger partial charge in [0.15, 0.2) is 0 Å². The molecule has 0 spiro atoms. The maximum atomic E-state index is 6.59. The van der Waals surface area contributed by atoms with Crippen molar-refractivity contribution in [2.24, 2.45) is 0 Å². The number of nitrogens with zero attached hydrogens (tertiary/aromatic N) is 5. The molecule has 7 nitrogen and oxygen atoms in total. The normalized spacial score (nSPS) is 14.4. The fourth-order valence-corrected chi connectivity index (χ4v) is 17.0. The molecular formula is C116H154Cl3N5O2. The van der Waals surface area contributed by atoms with Crippen LogP contribution in [0, 0.1) is 0 Å². The molecule has 0 bridgehead atoms. The topological polar surface area (TPSA) is 82.9 Å². The van der Waals surface area contributed by atoms with Crippen molar-refractivity contribution >= 4 is 45.9 Å². The van der Waals surface area contributed by atoms with Gasteiger partial charge in [-0.05, 0) is 215 Å². The van der Waals surface area contributed by atoms with Gasteiger partial charge in [0.05, 0.1) is 54.1 Å². The van der Waals surface area contributed by atoms with Crippen LogP contribution in [0.25, 0.3) is 66.8 Å². The Hall–Kier alpha value is -8.20. The second-order valence-electron chi connectivity index (χ2n) is 46.3. The van der Waals surface area contributed by atoms with E-state index in [9.17, 15) is 0 Å². The van der Waals surface area contributed by atoms with Crippen LogP contribution in [0.1, 0.15) is 389 Å². The van der Waals surface area contributed by atoms with Crippen molar-refractivity contribution < 1.29 is 9.47 Å². The van der Waals surface area contributed by atoms with E-state index < -0.39 is 0 Å². The zero-order valence-electron chi connectivity index (χ0n) is 84.0. The summed E-state index contributed by atoms with van der Waals surface area (Å²) >= 11 is 19.7. The molecule has 2 fully saturated rings. The lowest BCUT2D eigenvalue weighted by atomic mass is 9.82. The predicted molar refractivity (Wildman–Crippen MR) is 547 cm³/mol. The second-order valence-corrected chi connectivity index (χ2v) is 47.5. The van der Waals surface area contributed by atoms with Crippen LogP contribution >= 0.6 is 34.8 Å². The van der Waals surface area contributed by atoms with Crippen LogP contribution in [-0.2, 0) is 54.1 Å². The zero-order chi connectivity index (χ0) is 93.9. The van der Waals surface area contributed by atoms with Crippen LogP contribution in [0.4, 0.5) is 0 Å². The molecule has 5 aromatic heterocycles. The monoisotopic (exact) mass is 1750 g/mol. The summed E-state index contributed by atoms with van der Waals surface area (Å²) in [4.78, 5) is 25.3. The summed E-state index contributed by atoms with van der Waals surface area (Å²) < 4.78 is 11.5. The maximum Gasteiger partial charge on any atom is 0.126 e. The standard InChI is InChI=1S/C25H35NO.C25H33NO.C22H28ClN.C22H30ClN.C22H28ClN/c2*1-24(2,3)18-12-15-22(27-7)20(16-18)19-13-14-21(17-10-8-9-11-17)26-23(19)25(4,5)6;1-21(2,3)15-9-11-18(23)17(13-15)16-10-12-19(14-7-8-14)24-20(16)22(4,5)6;2*1-14(2)19-12-10-16(20(24-19)22(6,7)8)17-13-15(21(3,4)5)9-11-18(17)23/h12-17H,8-11H2,1-7H3;10,12-16H,8-9,11H2,1-7H3;9-14H,7-8H2,1-6H3;9-14H,1-8H3;9-13H,1H2,2-8H3. The molecule has 5 heterocycles. The quantitative estimate of drug-likeness (QED) is 0.120. The number of ether oxygens (including phenoxy) is 2. The Morgan fingerprint density at radius 3 is 0.944 bits per heavy atom. The van der Waals surface area contributed by atoms with Crippen molar-refractivity contribution in [3.63, 3.8) is 0 Å². The van der Waals surface area contributed by atoms with Crippen LogP contribution in [0.3, 0.4) is 0 Å². The molecule has 0 aliphatic heterocycles. The van der Waals surface area contributed by atoms with E-state index in [-0.39, 0.29) is 54.1 Å². The molecule has 126 heavy (non-hydrogen) atoms. The number of pyridine rings is 5. The fraction of sp³-hybridized carbons (Fsp3) is 0.491. The highest BCUT2D eigenvalue weighted by molar-refractivity contribution is 6.34. The second kappa shape index (κ2) is 39.6. The molecule has 3 aliphatic rings. The summed E-state index contributed by atoms with van der Waals surface area (Å²) in [7, 11) is 3.50.